The minimum absolute atomic E-state index is 0.0987. The van der Waals surface area contributed by atoms with Crippen LogP contribution >= 0.6 is 0 Å². The summed E-state index contributed by atoms with van der Waals surface area (Å²) in [7, 11) is 1.36. The summed E-state index contributed by atoms with van der Waals surface area (Å²) in [4.78, 5) is 27.0. The zero-order valence-electron chi connectivity index (χ0n) is 20.8. The molecule has 6 heteroatoms. The van der Waals surface area contributed by atoms with Crippen LogP contribution in [0.25, 0.3) is 16.6 Å². The fraction of sp³-hybridized carbons (Fsp3) is 0.161. The van der Waals surface area contributed by atoms with E-state index in [1.165, 1.54) is 19.2 Å². The van der Waals surface area contributed by atoms with Crippen LogP contribution in [0.4, 0.5) is 4.39 Å². The van der Waals surface area contributed by atoms with Gasteiger partial charge in [-0.15, -0.1) is 0 Å². The molecular weight excluding hydrogens is 467 g/mol. The minimum Gasteiger partial charge on any atom is -0.466 e. The van der Waals surface area contributed by atoms with E-state index in [-0.39, 0.29) is 11.6 Å². The number of para-hydroxylation sites is 1. The van der Waals surface area contributed by atoms with Gasteiger partial charge >= 0.3 is 5.97 Å². The van der Waals surface area contributed by atoms with E-state index in [0.717, 1.165) is 39.0 Å². The third-order valence-corrected chi connectivity index (χ3v) is 7.45. The maximum absolute atomic E-state index is 14.0. The average molecular weight is 493 g/mol. The number of nitrogens with one attached hydrogen (secondary N) is 1. The van der Waals surface area contributed by atoms with Gasteiger partial charge in [0.05, 0.1) is 24.3 Å². The van der Waals surface area contributed by atoms with Crippen molar-refractivity contribution in [1.29, 1.82) is 0 Å². The molecule has 0 saturated heterocycles. The molecule has 4 aromatic rings. The molecule has 1 N–H and O–H groups in total. The number of dihydropyridines is 1. The molecule has 5 nitrogen and oxygen atoms in total. The molecule has 0 unspecified atom stereocenters. The number of rotatable bonds is 4. The van der Waals surface area contributed by atoms with Gasteiger partial charge in [0, 0.05) is 45.5 Å². The first-order chi connectivity index (χ1) is 17.9. The number of methoxy groups -OCH3 is 1. The molecule has 37 heavy (non-hydrogen) atoms. The summed E-state index contributed by atoms with van der Waals surface area (Å²) in [5.74, 6) is -1.49. The van der Waals surface area contributed by atoms with Gasteiger partial charge < -0.3 is 14.6 Å². The highest BCUT2D eigenvalue weighted by Gasteiger charge is 2.44. The van der Waals surface area contributed by atoms with Crippen molar-refractivity contribution in [2.45, 2.75) is 26.3 Å². The molecule has 0 radical (unpaired) electrons. The molecule has 184 valence electrons. The van der Waals surface area contributed by atoms with Gasteiger partial charge in [-0.1, -0.05) is 54.6 Å². The second kappa shape index (κ2) is 8.59. The largest absolute Gasteiger partial charge is 0.466 e. The molecule has 1 atom stereocenters. The summed E-state index contributed by atoms with van der Waals surface area (Å²) in [6.07, 6.45) is 0. The number of Topliss-reactive ketones (excluding diaryl/α,β-unsaturated/α-hetero) is 1. The fourth-order valence-electron chi connectivity index (χ4n) is 5.84. The minimum atomic E-state index is -0.623. The maximum atomic E-state index is 14.0. The molecule has 0 fully saturated rings. The van der Waals surface area contributed by atoms with Crippen LogP contribution in [-0.4, -0.2) is 23.4 Å². The molecule has 1 aliphatic carbocycles. The summed E-state index contributed by atoms with van der Waals surface area (Å²) in [5.41, 5.74) is 7.35. The van der Waals surface area contributed by atoms with Crippen LogP contribution in [0.2, 0.25) is 0 Å². The van der Waals surface area contributed by atoms with E-state index in [2.05, 4.69) is 9.88 Å². The molecule has 0 spiro atoms. The molecule has 2 aliphatic rings. The monoisotopic (exact) mass is 492 g/mol. The number of allylic oxidation sites excluding steroid dienone is 2. The zero-order valence-corrected chi connectivity index (χ0v) is 20.8. The molecule has 3 aromatic carbocycles. The standard InChI is InChI=1S/C31H25FN2O3/c1-17-25(31(36)37-3)27(28-29(33-17)21-11-4-5-12-22(21)30(28)35)26-18(2)34(24-14-7-6-13-23(24)26)16-19-9-8-10-20(32)15-19/h4-15,27,33H,16H2,1-3H3/t27-/m0/s1. The topological polar surface area (TPSA) is 60.3 Å². The van der Waals surface area contributed by atoms with Crippen molar-refractivity contribution in [3.63, 3.8) is 0 Å². The lowest BCUT2D eigenvalue weighted by Crippen LogP contribution is -2.29. The van der Waals surface area contributed by atoms with E-state index in [4.69, 9.17) is 4.74 Å². The lowest BCUT2D eigenvalue weighted by Gasteiger charge is -2.29. The zero-order chi connectivity index (χ0) is 25.8. The Kier molecular flexibility index (Phi) is 5.33. The Labute approximate surface area is 213 Å². The third-order valence-electron chi connectivity index (χ3n) is 7.45. The van der Waals surface area contributed by atoms with E-state index in [1.54, 1.807) is 6.07 Å². The molecule has 0 bridgehead atoms. The lowest BCUT2D eigenvalue weighted by atomic mass is 9.78. The number of nitrogens with zero attached hydrogens (tertiary/aromatic N) is 1. The second-order valence-electron chi connectivity index (χ2n) is 9.48. The normalized spacial score (nSPS) is 16.6. The van der Waals surface area contributed by atoms with Gasteiger partial charge in [-0.3, -0.25) is 4.79 Å². The van der Waals surface area contributed by atoms with Gasteiger partial charge in [0.15, 0.2) is 5.78 Å². The van der Waals surface area contributed by atoms with Crippen LogP contribution in [0.15, 0.2) is 89.6 Å². The molecule has 2 heterocycles. The summed E-state index contributed by atoms with van der Waals surface area (Å²) in [6, 6.07) is 22.0. The number of hydrogen-bond acceptors (Lipinski definition) is 4. The number of fused-ring (bicyclic) bond motifs is 3. The van der Waals surface area contributed by atoms with Crippen molar-refractivity contribution in [2.24, 2.45) is 0 Å². The van der Waals surface area contributed by atoms with Crippen molar-refractivity contribution in [1.82, 2.24) is 9.88 Å². The Morgan fingerprint density at radius 1 is 1.00 bits per heavy atom. The van der Waals surface area contributed by atoms with Crippen LogP contribution in [0.5, 0.6) is 0 Å². The van der Waals surface area contributed by atoms with Crippen molar-refractivity contribution in [3.8, 4) is 0 Å². The van der Waals surface area contributed by atoms with Gasteiger partial charge in [-0.2, -0.15) is 0 Å². The average Bonchev–Trinajstić information content (AvgIpc) is 3.34. The summed E-state index contributed by atoms with van der Waals surface area (Å²) in [5, 5.41) is 4.28. The van der Waals surface area contributed by atoms with Crippen LogP contribution in [0, 0.1) is 12.7 Å². The SMILES string of the molecule is COC(=O)C1=C(C)NC2=C(C(=O)c3ccccc32)[C@@H]1c1c(C)n(Cc2cccc(F)c2)c2ccccc12. The quantitative estimate of drug-likeness (QED) is 0.362. The molecule has 0 amide bonds. The number of esters is 1. The fourth-order valence-corrected chi connectivity index (χ4v) is 5.84. The lowest BCUT2D eigenvalue weighted by molar-refractivity contribution is -0.136. The van der Waals surface area contributed by atoms with Gasteiger partial charge in [-0.25, -0.2) is 9.18 Å². The van der Waals surface area contributed by atoms with Crippen molar-refractivity contribution in [3.05, 3.63) is 123 Å². The molecule has 6 rings (SSSR count). The van der Waals surface area contributed by atoms with Gasteiger partial charge in [0.1, 0.15) is 5.82 Å². The summed E-state index contributed by atoms with van der Waals surface area (Å²) < 4.78 is 21.3. The molecule has 0 saturated carbocycles. The number of benzene rings is 3. The Hall–Kier alpha value is -4.45. The number of aromatic nitrogens is 1. The smallest absolute Gasteiger partial charge is 0.336 e. The van der Waals surface area contributed by atoms with E-state index in [1.807, 2.05) is 68.4 Å². The first-order valence-electron chi connectivity index (χ1n) is 12.2. The van der Waals surface area contributed by atoms with Crippen molar-refractivity contribution in [2.75, 3.05) is 7.11 Å². The number of hydrogen-bond donors (Lipinski definition) is 1. The number of carbonyl (C=O) groups is 2. The van der Waals surface area contributed by atoms with Crippen LogP contribution < -0.4 is 5.32 Å². The molecule has 1 aromatic heterocycles. The van der Waals surface area contributed by atoms with Gasteiger partial charge in [0.2, 0.25) is 0 Å². The highest BCUT2D eigenvalue weighted by atomic mass is 19.1. The predicted molar refractivity (Wildman–Crippen MR) is 140 cm³/mol. The van der Waals surface area contributed by atoms with Crippen molar-refractivity contribution < 1.29 is 18.7 Å². The van der Waals surface area contributed by atoms with E-state index in [0.29, 0.717) is 29.0 Å². The van der Waals surface area contributed by atoms with E-state index < -0.39 is 11.9 Å². The van der Waals surface area contributed by atoms with Crippen LogP contribution in [0.3, 0.4) is 0 Å². The first kappa shape index (κ1) is 23.0. The highest BCUT2D eigenvalue weighted by Crippen LogP contribution is 2.49. The Morgan fingerprint density at radius 3 is 2.49 bits per heavy atom. The Balaban J connectivity index is 1.62. The Morgan fingerprint density at radius 2 is 1.73 bits per heavy atom. The Bertz CT molecular complexity index is 1690. The third kappa shape index (κ3) is 3.44. The second-order valence-corrected chi connectivity index (χ2v) is 9.48. The number of halogens is 1. The van der Waals surface area contributed by atoms with Gasteiger partial charge in [0.25, 0.3) is 0 Å². The van der Waals surface area contributed by atoms with Crippen LogP contribution in [-0.2, 0) is 16.1 Å². The summed E-state index contributed by atoms with van der Waals surface area (Å²) in [6.45, 7) is 4.29. The predicted octanol–water partition coefficient (Wildman–Crippen LogP) is 5.88. The molecule has 1 aliphatic heterocycles. The van der Waals surface area contributed by atoms with Gasteiger partial charge in [-0.05, 0) is 43.2 Å². The molecular formula is C31H25FN2O3. The number of carbonyl (C=O) groups excluding carboxylic acids is 2. The number of ketones is 1. The van der Waals surface area contributed by atoms with Crippen LogP contribution in [0.1, 0.15) is 45.6 Å². The number of ether oxygens (including phenoxy) is 1. The van der Waals surface area contributed by atoms with Crippen molar-refractivity contribution >= 4 is 28.4 Å². The van der Waals surface area contributed by atoms with E-state index in [9.17, 15) is 14.0 Å². The maximum Gasteiger partial charge on any atom is 0.336 e. The first-order valence-corrected chi connectivity index (χ1v) is 12.2. The summed E-state index contributed by atoms with van der Waals surface area (Å²) >= 11 is 0. The van der Waals surface area contributed by atoms with E-state index >= 15 is 0 Å². The highest BCUT2D eigenvalue weighted by molar-refractivity contribution is 6.23.